The molecule has 2 aromatic carbocycles. The second kappa shape index (κ2) is 8.74. The van der Waals surface area contributed by atoms with Crippen LogP contribution in [0.2, 0.25) is 0 Å². The SMILES string of the molecule is Cc1cccc(-c2noc(C(=O)NCCNC(=O)c3ccccc3[N+](=O)[O-])n2)c1. The highest BCUT2D eigenvalue weighted by atomic mass is 16.6. The van der Waals surface area contributed by atoms with E-state index in [0.29, 0.717) is 5.82 Å². The third-order valence-corrected chi connectivity index (χ3v) is 3.94. The topological polar surface area (TPSA) is 140 Å². The first-order valence-electron chi connectivity index (χ1n) is 8.66. The molecule has 1 heterocycles. The molecule has 148 valence electrons. The summed E-state index contributed by atoms with van der Waals surface area (Å²) >= 11 is 0. The zero-order chi connectivity index (χ0) is 20.8. The average Bonchev–Trinajstić information content (AvgIpc) is 3.21. The number of hydrogen-bond donors (Lipinski definition) is 2. The maximum atomic E-state index is 12.1. The number of amides is 2. The fourth-order valence-corrected chi connectivity index (χ4v) is 2.56. The molecule has 0 radical (unpaired) electrons. The zero-order valence-corrected chi connectivity index (χ0v) is 15.4. The van der Waals surface area contributed by atoms with Crippen LogP contribution in [-0.2, 0) is 0 Å². The number of benzene rings is 2. The maximum absolute atomic E-state index is 12.1. The number of nitrogens with zero attached hydrogens (tertiary/aromatic N) is 3. The molecule has 0 aliphatic carbocycles. The van der Waals surface area contributed by atoms with Gasteiger partial charge in [0.1, 0.15) is 5.56 Å². The van der Waals surface area contributed by atoms with Crippen LogP contribution >= 0.6 is 0 Å². The molecule has 0 saturated carbocycles. The Balaban J connectivity index is 1.52. The molecule has 0 bridgehead atoms. The van der Waals surface area contributed by atoms with Gasteiger partial charge in [-0.1, -0.05) is 41.1 Å². The standard InChI is InChI=1S/C19H17N5O5/c1-12-5-4-6-13(11-12)16-22-19(29-23-16)18(26)21-10-9-20-17(25)14-7-2-3-8-15(14)24(27)28/h2-8,11H,9-10H2,1H3,(H,20,25)(H,21,26). The van der Waals surface area contributed by atoms with E-state index in [1.165, 1.54) is 24.3 Å². The fourth-order valence-electron chi connectivity index (χ4n) is 2.56. The molecule has 0 aliphatic rings. The van der Waals surface area contributed by atoms with Crippen LogP contribution in [-0.4, -0.2) is 40.0 Å². The van der Waals surface area contributed by atoms with E-state index in [0.717, 1.165) is 11.1 Å². The van der Waals surface area contributed by atoms with Crippen LogP contribution in [0.15, 0.2) is 53.1 Å². The Morgan fingerprint density at radius 1 is 1.07 bits per heavy atom. The lowest BCUT2D eigenvalue weighted by atomic mass is 10.1. The third kappa shape index (κ3) is 4.80. The van der Waals surface area contributed by atoms with Gasteiger partial charge in [-0.2, -0.15) is 4.98 Å². The number of aryl methyl sites for hydroxylation is 1. The van der Waals surface area contributed by atoms with Gasteiger partial charge in [-0.3, -0.25) is 19.7 Å². The van der Waals surface area contributed by atoms with Crippen LogP contribution in [0.5, 0.6) is 0 Å². The molecule has 1 aromatic heterocycles. The molecule has 0 atom stereocenters. The number of aromatic nitrogens is 2. The summed E-state index contributed by atoms with van der Waals surface area (Å²) in [6.45, 7) is 2.07. The van der Waals surface area contributed by atoms with Gasteiger partial charge in [0, 0.05) is 24.7 Å². The van der Waals surface area contributed by atoms with Gasteiger partial charge in [-0.25, -0.2) is 0 Å². The summed E-state index contributed by atoms with van der Waals surface area (Å²) in [5, 5.41) is 19.8. The summed E-state index contributed by atoms with van der Waals surface area (Å²) in [5.41, 5.74) is 1.41. The fraction of sp³-hybridized carbons (Fsp3) is 0.158. The zero-order valence-electron chi connectivity index (χ0n) is 15.4. The van der Waals surface area contributed by atoms with Gasteiger partial charge in [-0.05, 0) is 19.1 Å². The summed E-state index contributed by atoms with van der Waals surface area (Å²) in [7, 11) is 0. The highest BCUT2D eigenvalue weighted by molar-refractivity contribution is 5.98. The number of carbonyl (C=O) groups is 2. The highest BCUT2D eigenvalue weighted by Gasteiger charge is 2.19. The molecule has 0 unspecified atom stereocenters. The number of rotatable bonds is 7. The summed E-state index contributed by atoms with van der Waals surface area (Å²) in [6, 6.07) is 13.1. The van der Waals surface area contributed by atoms with Crippen molar-refractivity contribution in [2.24, 2.45) is 0 Å². The van der Waals surface area contributed by atoms with E-state index in [9.17, 15) is 19.7 Å². The predicted octanol–water partition coefficient (Wildman–Crippen LogP) is 2.11. The first-order valence-corrected chi connectivity index (χ1v) is 8.66. The van der Waals surface area contributed by atoms with Crippen molar-refractivity contribution in [3.05, 3.63) is 75.7 Å². The molecule has 2 N–H and O–H groups in total. The minimum Gasteiger partial charge on any atom is -0.350 e. The van der Waals surface area contributed by atoms with Crippen LogP contribution in [0.3, 0.4) is 0 Å². The Bertz CT molecular complexity index is 1060. The van der Waals surface area contributed by atoms with Crippen molar-refractivity contribution >= 4 is 17.5 Å². The number of nitrogens with one attached hydrogen (secondary N) is 2. The minimum absolute atomic E-state index is 0.0523. The van der Waals surface area contributed by atoms with E-state index in [4.69, 9.17) is 4.52 Å². The Labute approximate surface area is 165 Å². The molecule has 3 rings (SSSR count). The molecule has 3 aromatic rings. The molecule has 10 heteroatoms. The van der Waals surface area contributed by atoms with Gasteiger partial charge < -0.3 is 15.2 Å². The first kappa shape index (κ1) is 19.7. The Hall–Kier alpha value is -4.08. The van der Waals surface area contributed by atoms with Gasteiger partial charge >= 0.3 is 11.8 Å². The third-order valence-electron chi connectivity index (χ3n) is 3.94. The number of hydrogen-bond acceptors (Lipinski definition) is 7. The van der Waals surface area contributed by atoms with E-state index in [1.54, 1.807) is 6.07 Å². The molecule has 0 fully saturated rings. The van der Waals surface area contributed by atoms with Crippen LogP contribution in [0, 0.1) is 17.0 Å². The minimum atomic E-state index is -0.627. The molecular weight excluding hydrogens is 378 g/mol. The van der Waals surface area contributed by atoms with Crippen molar-refractivity contribution in [3.8, 4) is 11.4 Å². The summed E-state index contributed by atoms with van der Waals surface area (Å²) in [6.07, 6.45) is 0. The van der Waals surface area contributed by atoms with Crippen LogP contribution in [0.1, 0.15) is 26.6 Å². The monoisotopic (exact) mass is 395 g/mol. The quantitative estimate of drug-likeness (QED) is 0.355. The van der Waals surface area contributed by atoms with Crippen molar-refractivity contribution in [2.45, 2.75) is 6.92 Å². The molecule has 0 spiro atoms. The van der Waals surface area contributed by atoms with Crippen molar-refractivity contribution < 1.29 is 19.0 Å². The summed E-state index contributed by atoms with van der Waals surface area (Å²) in [4.78, 5) is 38.6. The summed E-state index contributed by atoms with van der Waals surface area (Å²) in [5.74, 6) is -1.10. The van der Waals surface area contributed by atoms with Crippen molar-refractivity contribution in [3.63, 3.8) is 0 Å². The number of para-hydroxylation sites is 1. The van der Waals surface area contributed by atoms with E-state index >= 15 is 0 Å². The number of nitro benzene ring substituents is 1. The Morgan fingerprint density at radius 2 is 1.79 bits per heavy atom. The van der Waals surface area contributed by atoms with E-state index in [-0.39, 0.29) is 30.2 Å². The van der Waals surface area contributed by atoms with Gasteiger partial charge in [0.2, 0.25) is 5.82 Å². The Morgan fingerprint density at radius 3 is 2.52 bits per heavy atom. The van der Waals surface area contributed by atoms with Crippen LogP contribution < -0.4 is 10.6 Å². The predicted molar refractivity (Wildman–Crippen MR) is 102 cm³/mol. The lowest BCUT2D eigenvalue weighted by Gasteiger charge is -2.06. The lowest BCUT2D eigenvalue weighted by Crippen LogP contribution is -2.35. The second-order valence-electron chi connectivity index (χ2n) is 6.08. The largest absolute Gasteiger partial charge is 0.350 e. The molecular formula is C19H17N5O5. The van der Waals surface area contributed by atoms with Gasteiger partial charge in [0.15, 0.2) is 0 Å². The number of nitro groups is 1. The molecule has 29 heavy (non-hydrogen) atoms. The van der Waals surface area contributed by atoms with Gasteiger partial charge in [0.25, 0.3) is 11.6 Å². The summed E-state index contributed by atoms with van der Waals surface area (Å²) < 4.78 is 4.97. The molecule has 0 aliphatic heterocycles. The van der Waals surface area contributed by atoms with Crippen LogP contribution in [0.4, 0.5) is 5.69 Å². The molecule has 10 nitrogen and oxygen atoms in total. The van der Waals surface area contributed by atoms with Gasteiger partial charge in [-0.15, -0.1) is 0 Å². The van der Waals surface area contributed by atoms with Gasteiger partial charge in [0.05, 0.1) is 4.92 Å². The second-order valence-corrected chi connectivity index (χ2v) is 6.08. The van der Waals surface area contributed by atoms with E-state index in [2.05, 4.69) is 20.8 Å². The number of carbonyl (C=O) groups excluding carboxylic acids is 2. The van der Waals surface area contributed by atoms with E-state index in [1.807, 2.05) is 25.1 Å². The van der Waals surface area contributed by atoms with Crippen molar-refractivity contribution in [1.29, 1.82) is 0 Å². The first-order chi connectivity index (χ1) is 14.0. The smallest absolute Gasteiger partial charge is 0.316 e. The average molecular weight is 395 g/mol. The normalized spacial score (nSPS) is 10.4. The molecule has 2 amide bonds. The maximum Gasteiger partial charge on any atom is 0.316 e. The van der Waals surface area contributed by atoms with E-state index < -0.39 is 16.7 Å². The molecule has 0 saturated heterocycles. The lowest BCUT2D eigenvalue weighted by molar-refractivity contribution is -0.385. The van der Waals surface area contributed by atoms with Crippen molar-refractivity contribution in [2.75, 3.05) is 13.1 Å². The highest BCUT2D eigenvalue weighted by Crippen LogP contribution is 2.18. The van der Waals surface area contributed by atoms with Crippen LogP contribution in [0.25, 0.3) is 11.4 Å². The van der Waals surface area contributed by atoms with Crippen molar-refractivity contribution in [1.82, 2.24) is 20.8 Å². The Kier molecular flexibility index (Phi) is 5.93.